The maximum atomic E-state index is 10.8. The Labute approximate surface area is 131 Å². The van der Waals surface area contributed by atoms with E-state index in [1.54, 1.807) is 12.1 Å². The van der Waals surface area contributed by atoms with E-state index < -0.39 is 5.97 Å². The van der Waals surface area contributed by atoms with E-state index in [0.29, 0.717) is 25.6 Å². The highest BCUT2D eigenvalue weighted by Gasteiger charge is 2.04. The molecule has 2 aromatic carbocycles. The van der Waals surface area contributed by atoms with E-state index in [0.717, 1.165) is 10.0 Å². The molecule has 0 atom stereocenters. The second-order valence-electron chi connectivity index (χ2n) is 4.33. The molecule has 0 bridgehead atoms. The summed E-state index contributed by atoms with van der Waals surface area (Å²) in [7, 11) is 0. The number of ether oxygens (including phenoxy) is 2. The monoisotopic (exact) mass is 350 g/mol. The van der Waals surface area contributed by atoms with Crippen LogP contribution >= 0.6 is 15.9 Å². The van der Waals surface area contributed by atoms with Gasteiger partial charge in [0.1, 0.15) is 12.4 Å². The van der Waals surface area contributed by atoms with E-state index in [2.05, 4.69) is 15.9 Å². The Hall–Kier alpha value is -1.85. The van der Waals surface area contributed by atoms with E-state index in [9.17, 15) is 4.79 Å². The number of halogens is 1. The van der Waals surface area contributed by atoms with Crippen LogP contribution in [0.4, 0.5) is 0 Å². The van der Waals surface area contributed by atoms with Gasteiger partial charge in [-0.3, -0.25) is 0 Å². The number of carboxylic acids is 1. The third-order valence-electron chi connectivity index (χ3n) is 2.79. The molecule has 0 spiro atoms. The van der Waals surface area contributed by atoms with E-state index in [1.807, 2.05) is 24.3 Å². The Morgan fingerprint density at radius 3 is 2.67 bits per heavy atom. The lowest BCUT2D eigenvalue weighted by Crippen LogP contribution is -2.07. The van der Waals surface area contributed by atoms with Gasteiger partial charge in [0, 0.05) is 4.47 Å². The molecule has 4 nitrogen and oxygen atoms in total. The van der Waals surface area contributed by atoms with Gasteiger partial charge in [-0.15, -0.1) is 0 Å². The van der Waals surface area contributed by atoms with Crippen LogP contribution in [-0.2, 0) is 11.3 Å². The van der Waals surface area contributed by atoms with Crippen LogP contribution in [0.2, 0.25) is 0 Å². The predicted octanol–water partition coefficient (Wildman–Crippen LogP) is 3.74. The van der Waals surface area contributed by atoms with Gasteiger partial charge in [-0.1, -0.05) is 40.2 Å². The van der Waals surface area contributed by atoms with Crippen LogP contribution in [-0.4, -0.2) is 24.3 Å². The fourth-order valence-corrected chi connectivity index (χ4v) is 2.13. The molecule has 0 aliphatic rings. The molecule has 0 amide bonds. The molecule has 0 heterocycles. The molecule has 5 heteroatoms. The van der Waals surface area contributed by atoms with Crippen molar-refractivity contribution in [2.75, 3.05) is 13.2 Å². The van der Waals surface area contributed by atoms with Crippen LogP contribution in [0, 0.1) is 0 Å². The lowest BCUT2D eigenvalue weighted by Gasteiger charge is -2.08. The van der Waals surface area contributed by atoms with Crippen LogP contribution in [0.3, 0.4) is 0 Å². The molecule has 2 rings (SSSR count). The number of hydrogen-bond acceptors (Lipinski definition) is 3. The van der Waals surface area contributed by atoms with Crippen molar-refractivity contribution in [3.63, 3.8) is 0 Å². The van der Waals surface area contributed by atoms with Crippen molar-refractivity contribution in [2.24, 2.45) is 0 Å². The molecule has 0 aliphatic carbocycles. The number of rotatable bonds is 7. The third kappa shape index (κ3) is 4.88. The summed E-state index contributed by atoms with van der Waals surface area (Å²) in [6.07, 6.45) is 0. The SMILES string of the molecule is O=C(O)c1cccc(OCCOCc2ccccc2Br)c1. The summed E-state index contributed by atoms with van der Waals surface area (Å²) >= 11 is 3.46. The summed E-state index contributed by atoms with van der Waals surface area (Å²) in [6, 6.07) is 14.3. The highest BCUT2D eigenvalue weighted by atomic mass is 79.9. The molecule has 0 saturated carbocycles. The molecule has 0 unspecified atom stereocenters. The van der Waals surface area contributed by atoms with E-state index >= 15 is 0 Å². The number of carbonyl (C=O) groups is 1. The maximum absolute atomic E-state index is 10.8. The lowest BCUT2D eigenvalue weighted by molar-refractivity contribution is 0.0695. The molecular weight excluding hydrogens is 336 g/mol. The van der Waals surface area contributed by atoms with Crippen LogP contribution in [0.1, 0.15) is 15.9 Å². The standard InChI is InChI=1S/C16H15BrO4/c17-15-7-2-1-4-13(15)11-20-8-9-21-14-6-3-5-12(10-14)16(18)19/h1-7,10H,8-9,11H2,(H,18,19). The zero-order chi connectivity index (χ0) is 15.1. The fourth-order valence-electron chi connectivity index (χ4n) is 1.73. The van der Waals surface area contributed by atoms with Crippen LogP contribution in [0.25, 0.3) is 0 Å². The number of aromatic carboxylic acids is 1. The molecule has 0 radical (unpaired) electrons. The van der Waals surface area contributed by atoms with Gasteiger partial charge in [-0.25, -0.2) is 4.79 Å². The smallest absolute Gasteiger partial charge is 0.335 e. The molecule has 0 aliphatic heterocycles. The third-order valence-corrected chi connectivity index (χ3v) is 3.57. The summed E-state index contributed by atoms with van der Waals surface area (Å²) in [5.41, 5.74) is 1.28. The minimum Gasteiger partial charge on any atom is -0.491 e. The molecule has 2 aromatic rings. The largest absolute Gasteiger partial charge is 0.491 e. The Morgan fingerprint density at radius 1 is 1.10 bits per heavy atom. The van der Waals surface area contributed by atoms with Crippen LogP contribution in [0.5, 0.6) is 5.75 Å². The number of carboxylic acid groups (broad SMARTS) is 1. The quantitative estimate of drug-likeness (QED) is 0.772. The van der Waals surface area contributed by atoms with Gasteiger partial charge >= 0.3 is 5.97 Å². The minimum atomic E-state index is -0.967. The highest BCUT2D eigenvalue weighted by molar-refractivity contribution is 9.10. The Bertz CT molecular complexity index is 613. The van der Waals surface area contributed by atoms with Gasteiger partial charge in [0.25, 0.3) is 0 Å². The van der Waals surface area contributed by atoms with Gasteiger partial charge in [0.2, 0.25) is 0 Å². The maximum Gasteiger partial charge on any atom is 0.335 e. The van der Waals surface area contributed by atoms with E-state index in [4.69, 9.17) is 14.6 Å². The predicted molar refractivity (Wildman–Crippen MR) is 82.7 cm³/mol. The first-order valence-corrected chi connectivity index (χ1v) is 7.23. The second kappa shape index (κ2) is 7.81. The first-order valence-electron chi connectivity index (χ1n) is 6.44. The molecule has 1 N–H and O–H groups in total. The Morgan fingerprint density at radius 2 is 1.90 bits per heavy atom. The molecule has 0 saturated heterocycles. The molecule has 0 fully saturated rings. The molecular formula is C16H15BrO4. The summed E-state index contributed by atoms with van der Waals surface area (Å²) in [4.78, 5) is 10.8. The lowest BCUT2D eigenvalue weighted by atomic mass is 10.2. The zero-order valence-corrected chi connectivity index (χ0v) is 12.9. The average Bonchev–Trinajstić information content (AvgIpc) is 2.49. The van der Waals surface area contributed by atoms with Crippen molar-refractivity contribution in [1.29, 1.82) is 0 Å². The van der Waals surface area contributed by atoms with Crippen molar-refractivity contribution >= 4 is 21.9 Å². The average molecular weight is 351 g/mol. The first kappa shape index (κ1) is 15.5. The van der Waals surface area contributed by atoms with Crippen LogP contribution in [0.15, 0.2) is 53.0 Å². The Balaban J connectivity index is 1.74. The van der Waals surface area contributed by atoms with Gasteiger partial charge in [0.05, 0.1) is 18.8 Å². The molecule has 110 valence electrons. The normalized spacial score (nSPS) is 10.3. The summed E-state index contributed by atoms with van der Waals surface area (Å²) in [5, 5.41) is 8.89. The minimum absolute atomic E-state index is 0.210. The summed E-state index contributed by atoms with van der Waals surface area (Å²) in [5.74, 6) is -0.440. The van der Waals surface area contributed by atoms with Crippen molar-refractivity contribution in [1.82, 2.24) is 0 Å². The molecule has 0 aromatic heterocycles. The first-order chi connectivity index (χ1) is 10.2. The second-order valence-corrected chi connectivity index (χ2v) is 5.18. The zero-order valence-electron chi connectivity index (χ0n) is 11.3. The van der Waals surface area contributed by atoms with E-state index in [-0.39, 0.29) is 5.56 Å². The van der Waals surface area contributed by atoms with Gasteiger partial charge < -0.3 is 14.6 Å². The van der Waals surface area contributed by atoms with Gasteiger partial charge in [-0.05, 0) is 29.8 Å². The summed E-state index contributed by atoms with van der Waals surface area (Å²) in [6.45, 7) is 1.30. The van der Waals surface area contributed by atoms with Crippen molar-refractivity contribution in [3.05, 3.63) is 64.1 Å². The van der Waals surface area contributed by atoms with Crippen molar-refractivity contribution < 1.29 is 19.4 Å². The Kier molecular flexibility index (Phi) is 5.78. The number of benzene rings is 2. The van der Waals surface area contributed by atoms with E-state index in [1.165, 1.54) is 12.1 Å². The van der Waals surface area contributed by atoms with Gasteiger partial charge in [0.15, 0.2) is 0 Å². The number of hydrogen-bond donors (Lipinski definition) is 1. The highest BCUT2D eigenvalue weighted by Crippen LogP contribution is 2.17. The summed E-state index contributed by atoms with van der Waals surface area (Å²) < 4.78 is 12.0. The fraction of sp³-hybridized carbons (Fsp3) is 0.188. The van der Waals surface area contributed by atoms with Crippen LogP contribution < -0.4 is 4.74 Å². The topological polar surface area (TPSA) is 55.8 Å². The van der Waals surface area contributed by atoms with Gasteiger partial charge in [-0.2, -0.15) is 0 Å². The molecule has 21 heavy (non-hydrogen) atoms. The van der Waals surface area contributed by atoms with Crippen molar-refractivity contribution in [3.8, 4) is 5.75 Å². The van der Waals surface area contributed by atoms with Crippen molar-refractivity contribution in [2.45, 2.75) is 6.61 Å².